The Morgan fingerprint density at radius 3 is 2.71 bits per heavy atom. The Hall–Kier alpha value is -0.610. The van der Waals surface area contributed by atoms with Crippen LogP contribution in [0.4, 0.5) is 0 Å². The second kappa shape index (κ2) is 5.83. The average Bonchev–Trinajstić information content (AvgIpc) is 2.32. The number of aliphatic hydroxyl groups is 1. The minimum Gasteiger partial charge on any atom is -0.391 e. The number of amides is 1. The fourth-order valence-electron chi connectivity index (χ4n) is 3.02. The zero-order valence-corrected chi connectivity index (χ0v) is 10.5. The third-order valence-corrected chi connectivity index (χ3v) is 4.15. The highest BCUT2D eigenvalue weighted by molar-refractivity contribution is 5.76. The standard InChI is InChI=1S/C13H24N2O2/c14-12-6-2-1-4-10(12)8-13(17)15-7-3-5-11(16)9-15/h10-12,16H,1-9,14H2. The smallest absolute Gasteiger partial charge is 0.222 e. The summed E-state index contributed by atoms with van der Waals surface area (Å²) in [6.07, 6.45) is 6.55. The van der Waals surface area contributed by atoms with Crippen LogP contribution in [0.5, 0.6) is 0 Å². The van der Waals surface area contributed by atoms with Crippen LogP contribution < -0.4 is 5.73 Å². The molecule has 1 aliphatic carbocycles. The molecule has 3 unspecified atom stereocenters. The highest BCUT2D eigenvalue weighted by Crippen LogP contribution is 2.26. The Kier molecular flexibility index (Phi) is 4.40. The molecule has 3 N–H and O–H groups in total. The maximum atomic E-state index is 12.1. The van der Waals surface area contributed by atoms with Gasteiger partial charge in [0.15, 0.2) is 0 Å². The van der Waals surface area contributed by atoms with Crippen LogP contribution in [0.2, 0.25) is 0 Å². The molecule has 4 heteroatoms. The summed E-state index contributed by atoms with van der Waals surface area (Å²) < 4.78 is 0. The quantitative estimate of drug-likeness (QED) is 0.753. The number of hydrogen-bond acceptors (Lipinski definition) is 3. The van der Waals surface area contributed by atoms with Crippen molar-refractivity contribution in [2.75, 3.05) is 13.1 Å². The molecule has 2 fully saturated rings. The predicted octanol–water partition coefficient (Wildman–Crippen LogP) is 0.877. The third-order valence-electron chi connectivity index (χ3n) is 4.15. The van der Waals surface area contributed by atoms with Crippen molar-refractivity contribution >= 4 is 5.91 Å². The van der Waals surface area contributed by atoms with Gasteiger partial charge in [0.1, 0.15) is 0 Å². The van der Waals surface area contributed by atoms with Crippen molar-refractivity contribution in [3.05, 3.63) is 0 Å². The molecule has 2 aliphatic rings. The first-order valence-electron chi connectivity index (χ1n) is 6.88. The van der Waals surface area contributed by atoms with Gasteiger partial charge in [-0.15, -0.1) is 0 Å². The number of aliphatic hydroxyl groups excluding tert-OH is 1. The van der Waals surface area contributed by atoms with E-state index in [9.17, 15) is 9.90 Å². The van der Waals surface area contributed by atoms with Gasteiger partial charge in [-0.3, -0.25) is 4.79 Å². The first kappa shape index (κ1) is 12.8. The molecule has 4 nitrogen and oxygen atoms in total. The molecular formula is C13H24N2O2. The summed E-state index contributed by atoms with van der Waals surface area (Å²) >= 11 is 0. The second-order valence-electron chi connectivity index (χ2n) is 5.55. The van der Waals surface area contributed by atoms with Crippen LogP contribution in [0, 0.1) is 5.92 Å². The predicted molar refractivity (Wildman–Crippen MR) is 66.4 cm³/mol. The Morgan fingerprint density at radius 2 is 2.00 bits per heavy atom. The summed E-state index contributed by atoms with van der Waals surface area (Å²) in [7, 11) is 0. The van der Waals surface area contributed by atoms with Crippen LogP contribution in [-0.4, -0.2) is 41.1 Å². The number of β-amino-alcohol motifs (C(OH)–C–C–N with tert-alkyl or cyclic N) is 1. The molecule has 98 valence electrons. The van der Waals surface area contributed by atoms with Crippen molar-refractivity contribution in [3.8, 4) is 0 Å². The number of likely N-dealkylation sites (tertiary alicyclic amines) is 1. The third kappa shape index (κ3) is 3.42. The Morgan fingerprint density at radius 1 is 1.24 bits per heavy atom. The summed E-state index contributed by atoms with van der Waals surface area (Å²) in [5.41, 5.74) is 6.06. The molecule has 0 aromatic carbocycles. The molecule has 1 amide bonds. The monoisotopic (exact) mass is 240 g/mol. The Bertz CT molecular complexity index is 270. The molecule has 3 atom stereocenters. The van der Waals surface area contributed by atoms with Crippen LogP contribution in [-0.2, 0) is 4.79 Å². The average molecular weight is 240 g/mol. The van der Waals surface area contributed by atoms with Crippen LogP contribution in [0.1, 0.15) is 44.9 Å². The largest absolute Gasteiger partial charge is 0.391 e. The van der Waals surface area contributed by atoms with E-state index in [0.717, 1.165) is 32.2 Å². The topological polar surface area (TPSA) is 66.6 Å². The maximum absolute atomic E-state index is 12.1. The van der Waals surface area contributed by atoms with Gasteiger partial charge in [-0.05, 0) is 31.6 Å². The van der Waals surface area contributed by atoms with Crippen LogP contribution in [0.3, 0.4) is 0 Å². The molecule has 2 rings (SSSR count). The van der Waals surface area contributed by atoms with Crippen molar-refractivity contribution in [3.63, 3.8) is 0 Å². The minimum atomic E-state index is -0.326. The lowest BCUT2D eigenvalue weighted by Crippen LogP contribution is -2.44. The number of hydrogen-bond donors (Lipinski definition) is 2. The molecular weight excluding hydrogens is 216 g/mol. The van der Waals surface area contributed by atoms with Crippen LogP contribution >= 0.6 is 0 Å². The van der Waals surface area contributed by atoms with Crippen molar-refractivity contribution in [2.45, 2.75) is 57.1 Å². The molecule has 1 heterocycles. The maximum Gasteiger partial charge on any atom is 0.222 e. The van der Waals surface area contributed by atoms with E-state index in [0.29, 0.717) is 18.9 Å². The van der Waals surface area contributed by atoms with Crippen molar-refractivity contribution in [2.24, 2.45) is 11.7 Å². The lowest BCUT2D eigenvalue weighted by atomic mass is 9.82. The molecule has 1 saturated heterocycles. The number of nitrogens with zero attached hydrogens (tertiary/aromatic N) is 1. The lowest BCUT2D eigenvalue weighted by Gasteiger charge is -2.33. The summed E-state index contributed by atoms with van der Waals surface area (Å²) in [5.74, 6) is 0.543. The number of carbonyl (C=O) groups is 1. The number of piperidine rings is 1. The van der Waals surface area contributed by atoms with Gasteiger partial charge in [0.05, 0.1) is 6.10 Å². The van der Waals surface area contributed by atoms with E-state index in [2.05, 4.69) is 0 Å². The van der Waals surface area contributed by atoms with Gasteiger partial charge in [0, 0.05) is 25.6 Å². The van der Waals surface area contributed by atoms with Crippen molar-refractivity contribution < 1.29 is 9.90 Å². The molecule has 0 aromatic rings. The normalized spacial score (nSPS) is 34.7. The van der Waals surface area contributed by atoms with E-state index < -0.39 is 0 Å². The van der Waals surface area contributed by atoms with Gasteiger partial charge in [-0.2, -0.15) is 0 Å². The minimum absolute atomic E-state index is 0.186. The van der Waals surface area contributed by atoms with Gasteiger partial charge in [-0.1, -0.05) is 12.8 Å². The number of nitrogens with two attached hydrogens (primary N) is 1. The van der Waals surface area contributed by atoms with Crippen LogP contribution in [0.15, 0.2) is 0 Å². The number of carbonyl (C=O) groups excluding carboxylic acids is 1. The van der Waals surface area contributed by atoms with Crippen molar-refractivity contribution in [1.82, 2.24) is 4.90 Å². The highest BCUT2D eigenvalue weighted by Gasteiger charge is 2.28. The Balaban J connectivity index is 1.83. The van der Waals surface area contributed by atoms with Gasteiger partial charge in [0.25, 0.3) is 0 Å². The zero-order valence-electron chi connectivity index (χ0n) is 10.5. The van der Waals surface area contributed by atoms with E-state index in [-0.39, 0.29) is 18.1 Å². The molecule has 17 heavy (non-hydrogen) atoms. The fraction of sp³-hybridized carbons (Fsp3) is 0.923. The lowest BCUT2D eigenvalue weighted by molar-refractivity contribution is -0.135. The van der Waals surface area contributed by atoms with Crippen LogP contribution in [0.25, 0.3) is 0 Å². The van der Waals surface area contributed by atoms with Crippen molar-refractivity contribution in [1.29, 1.82) is 0 Å². The van der Waals surface area contributed by atoms with E-state index in [1.54, 1.807) is 0 Å². The molecule has 0 spiro atoms. The Labute approximate surface area is 103 Å². The first-order valence-corrected chi connectivity index (χ1v) is 6.88. The van der Waals surface area contributed by atoms with Gasteiger partial charge >= 0.3 is 0 Å². The summed E-state index contributed by atoms with van der Waals surface area (Å²) in [5, 5.41) is 9.57. The summed E-state index contributed by atoms with van der Waals surface area (Å²) in [4.78, 5) is 13.9. The summed E-state index contributed by atoms with van der Waals surface area (Å²) in [6, 6.07) is 0.197. The SMILES string of the molecule is NC1CCCCC1CC(=O)N1CCCC(O)C1. The molecule has 0 radical (unpaired) electrons. The van der Waals surface area contributed by atoms with Gasteiger partial charge < -0.3 is 15.7 Å². The molecule has 0 bridgehead atoms. The second-order valence-corrected chi connectivity index (χ2v) is 5.55. The van der Waals surface area contributed by atoms with E-state index in [1.165, 1.54) is 12.8 Å². The fourth-order valence-corrected chi connectivity index (χ4v) is 3.02. The molecule has 1 aliphatic heterocycles. The number of rotatable bonds is 2. The summed E-state index contributed by atoms with van der Waals surface area (Å²) in [6.45, 7) is 1.32. The zero-order chi connectivity index (χ0) is 12.3. The first-order chi connectivity index (χ1) is 8.16. The van der Waals surface area contributed by atoms with E-state index in [1.807, 2.05) is 4.90 Å². The highest BCUT2D eigenvalue weighted by atomic mass is 16.3. The molecule has 0 aromatic heterocycles. The van der Waals surface area contributed by atoms with E-state index >= 15 is 0 Å². The molecule has 1 saturated carbocycles. The van der Waals surface area contributed by atoms with E-state index in [4.69, 9.17) is 5.73 Å². The van der Waals surface area contributed by atoms with Gasteiger partial charge in [0.2, 0.25) is 5.91 Å². The van der Waals surface area contributed by atoms with Gasteiger partial charge in [-0.25, -0.2) is 0 Å².